The van der Waals surface area contributed by atoms with E-state index < -0.39 is 0 Å². The fraction of sp³-hybridized carbons (Fsp3) is 0.300. The van der Waals surface area contributed by atoms with Crippen molar-refractivity contribution < 1.29 is 4.79 Å². The van der Waals surface area contributed by atoms with Crippen LogP contribution in [0.1, 0.15) is 40.9 Å². The first-order valence-corrected chi connectivity index (χ1v) is 8.30. The second kappa shape index (κ2) is 8.29. The highest BCUT2D eigenvalue weighted by atomic mass is 16.2. The molecule has 0 aliphatic rings. The smallest absolute Gasteiger partial charge is 0.271 e. The van der Waals surface area contributed by atoms with Gasteiger partial charge in [0.1, 0.15) is 0 Å². The second-order valence-corrected chi connectivity index (χ2v) is 5.76. The number of amides is 1. The van der Waals surface area contributed by atoms with Gasteiger partial charge < -0.3 is 4.90 Å². The molecule has 4 nitrogen and oxygen atoms in total. The van der Waals surface area contributed by atoms with Crippen LogP contribution in [0, 0.1) is 13.8 Å². The maximum Gasteiger partial charge on any atom is 0.271 e. The van der Waals surface area contributed by atoms with Crippen molar-refractivity contribution in [2.75, 3.05) is 18.0 Å². The Bertz CT molecular complexity index is 716. The minimum absolute atomic E-state index is 0.200. The Balaban J connectivity index is 1.98. The normalized spacial score (nSPS) is 10.8. The molecule has 0 spiro atoms. The lowest BCUT2D eigenvalue weighted by molar-refractivity contribution is 0.0955. The summed E-state index contributed by atoms with van der Waals surface area (Å²) in [5, 5.41) is 4.05. The predicted octanol–water partition coefficient (Wildman–Crippen LogP) is 3.91. The maximum atomic E-state index is 12.1. The molecule has 1 amide bonds. The standard InChI is InChI=1S/C20H25N3O/c1-5-23(6-2)19-11-8-17(9-12-19)14-21-22-20(24)18-10-7-15(3)16(4)13-18/h7-14H,5-6H2,1-4H3,(H,22,24)/b21-14+. The third kappa shape index (κ3) is 4.44. The molecule has 126 valence electrons. The molecule has 0 atom stereocenters. The SMILES string of the molecule is CCN(CC)c1ccc(/C=N/NC(=O)c2ccc(C)c(C)c2)cc1. The van der Waals surface area contributed by atoms with Gasteiger partial charge in [0.2, 0.25) is 0 Å². The van der Waals surface area contributed by atoms with Crippen LogP contribution in [0.15, 0.2) is 47.6 Å². The van der Waals surface area contributed by atoms with E-state index in [4.69, 9.17) is 0 Å². The summed E-state index contributed by atoms with van der Waals surface area (Å²) < 4.78 is 0. The van der Waals surface area contributed by atoms with Crippen molar-refractivity contribution in [1.29, 1.82) is 0 Å². The van der Waals surface area contributed by atoms with E-state index in [0.29, 0.717) is 5.56 Å². The van der Waals surface area contributed by atoms with Crippen molar-refractivity contribution in [3.8, 4) is 0 Å². The van der Waals surface area contributed by atoms with Crippen molar-refractivity contribution in [2.24, 2.45) is 5.10 Å². The molecule has 2 aromatic carbocycles. The van der Waals surface area contributed by atoms with Crippen LogP contribution < -0.4 is 10.3 Å². The number of carbonyl (C=O) groups is 1. The molecular formula is C20H25N3O. The highest BCUT2D eigenvalue weighted by molar-refractivity contribution is 5.95. The summed E-state index contributed by atoms with van der Waals surface area (Å²) >= 11 is 0. The zero-order valence-corrected chi connectivity index (χ0v) is 14.8. The van der Waals surface area contributed by atoms with Gasteiger partial charge in [-0.2, -0.15) is 5.10 Å². The Kier molecular flexibility index (Phi) is 6.13. The summed E-state index contributed by atoms with van der Waals surface area (Å²) in [7, 11) is 0. The second-order valence-electron chi connectivity index (χ2n) is 5.76. The van der Waals surface area contributed by atoms with E-state index in [0.717, 1.165) is 24.2 Å². The molecule has 4 heteroatoms. The highest BCUT2D eigenvalue weighted by Gasteiger charge is 2.05. The van der Waals surface area contributed by atoms with E-state index >= 15 is 0 Å². The number of hydrogen-bond donors (Lipinski definition) is 1. The third-order valence-electron chi connectivity index (χ3n) is 4.17. The van der Waals surface area contributed by atoms with Gasteiger partial charge in [0.05, 0.1) is 6.21 Å². The minimum Gasteiger partial charge on any atom is -0.372 e. The van der Waals surface area contributed by atoms with Crippen LogP contribution in [0.4, 0.5) is 5.69 Å². The van der Waals surface area contributed by atoms with Crippen LogP contribution in [0.3, 0.4) is 0 Å². The van der Waals surface area contributed by atoms with Crippen LogP contribution >= 0.6 is 0 Å². The van der Waals surface area contributed by atoms with Crippen LogP contribution in [0.25, 0.3) is 0 Å². The van der Waals surface area contributed by atoms with Gasteiger partial charge in [-0.15, -0.1) is 0 Å². The first-order valence-electron chi connectivity index (χ1n) is 8.30. The van der Waals surface area contributed by atoms with Gasteiger partial charge in [-0.25, -0.2) is 5.43 Å². The van der Waals surface area contributed by atoms with Crippen LogP contribution in [-0.2, 0) is 0 Å². The Morgan fingerprint density at radius 1 is 1.04 bits per heavy atom. The highest BCUT2D eigenvalue weighted by Crippen LogP contribution is 2.14. The van der Waals surface area contributed by atoms with Crippen molar-refractivity contribution in [3.63, 3.8) is 0 Å². The molecule has 0 saturated carbocycles. The summed E-state index contributed by atoms with van der Waals surface area (Å²) in [6.45, 7) is 10.3. The Hall–Kier alpha value is -2.62. The van der Waals surface area contributed by atoms with E-state index in [1.54, 1.807) is 6.21 Å². The van der Waals surface area contributed by atoms with E-state index in [-0.39, 0.29) is 5.91 Å². The Labute approximate surface area is 144 Å². The van der Waals surface area contributed by atoms with Crippen LogP contribution in [-0.4, -0.2) is 25.2 Å². The molecule has 0 aliphatic carbocycles. The lowest BCUT2D eigenvalue weighted by atomic mass is 10.1. The number of benzene rings is 2. The Morgan fingerprint density at radius 3 is 2.29 bits per heavy atom. The minimum atomic E-state index is -0.200. The summed E-state index contributed by atoms with van der Waals surface area (Å²) in [6, 6.07) is 13.8. The molecule has 0 saturated heterocycles. The average Bonchev–Trinajstić information content (AvgIpc) is 2.59. The molecule has 0 aliphatic heterocycles. The van der Waals surface area contributed by atoms with Crippen LogP contribution in [0.2, 0.25) is 0 Å². The number of nitrogens with one attached hydrogen (secondary N) is 1. The van der Waals surface area contributed by atoms with Crippen molar-refractivity contribution in [2.45, 2.75) is 27.7 Å². The fourth-order valence-corrected chi connectivity index (χ4v) is 2.47. The molecular weight excluding hydrogens is 298 g/mol. The van der Waals surface area contributed by atoms with Crippen molar-refractivity contribution in [3.05, 3.63) is 64.7 Å². The summed E-state index contributed by atoms with van der Waals surface area (Å²) in [5.74, 6) is -0.200. The van der Waals surface area contributed by atoms with Gasteiger partial charge in [0.25, 0.3) is 5.91 Å². The topological polar surface area (TPSA) is 44.7 Å². The number of hydrogen-bond acceptors (Lipinski definition) is 3. The number of aryl methyl sites for hydroxylation is 2. The number of rotatable bonds is 6. The first kappa shape index (κ1) is 17.7. The van der Waals surface area contributed by atoms with Crippen LogP contribution in [0.5, 0.6) is 0 Å². The number of carbonyl (C=O) groups excluding carboxylic acids is 1. The molecule has 0 bridgehead atoms. The quantitative estimate of drug-likeness (QED) is 0.647. The molecule has 0 unspecified atom stereocenters. The molecule has 2 rings (SSSR count). The lowest BCUT2D eigenvalue weighted by Gasteiger charge is -2.20. The summed E-state index contributed by atoms with van der Waals surface area (Å²) in [4.78, 5) is 14.4. The molecule has 0 aromatic heterocycles. The maximum absolute atomic E-state index is 12.1. The third-order valence-corrected chi connectivity index (χ3v) is 4.17. The average molecular weight is 323 g/mol. The zero-order valence-electron chi connectivity index (χ0n) is 14.8. The van der Waals surface area contributed by atoms with Crippen molar-refractivity contribution in [1.82, 2.24) is 5.43 Å². The monoisotopic (exact) mass is 323 g/mol. The van der Waals surface area contributed by atoms with Gasteiger partial charge >= 0.3 is 0 Å². The van der Waals surface area contributed by atoms with E-state index in [1.807, 2.05) is 44.2 Å². The fourth-order valence-electron chi connectivity index (χ4n) is 2.47. The number of anilines is 1. The van der Waals surface area contributed by atoms with Gasteiger partial charge in [0.15, 0.2) is 0 Å². The van der Waals surface area contributed by atoms with Gasteiger partial charge in [-0.1, -0.05) is 18.2 Å². The van der Waals surface area contributed by atoms with E-state index in [2.05, 4.69) is 41.4 Å². The summed E-state index contributed by atoms with van der Waals surface area (Å²) in [6.07, 6.45) is 1.66. The molecule has 1 N–H and O–H groups in total. The number of hydrazone groups is 1. The molecule has 2 aromatic rings. The van der Waals surface area contributed by atoms with E-state index in [1.165, 1.54) is 11.3 Å². The predicted molar refractivity (Wildman–Crippen MR) is 101 cm³/mol. The Morgan fingerprint density at radius 2 is 1.71 bits per heavy atom. The lowest BCUT2D eigenvalue weighted by Crippen LogP contribution is -2.21. The summed E-state index contributed by atoms with van der Waals surface area (Å²) in [5.41, 5.74) is 7.60. The van der Waals surface area contributed by atoms with Gasteiger partial charge in [0, 0.05) is 24.3 Å². The largest absolute Gasteiger partial charge is 0.372 e. The molecule has 0 heterocycles. The van der Waals surface area contributed by atoms with E-state index in [9.17, 15) is 4.79 Å². The van der Waals surface area contributed by atoms with Crippen molar-refractivity contribution >= 4 is 17.8 Å². The zero-order chi connectivity index (χ0) is 17.5. The molecule has 24 heavy (non-hydrogen) atoms. The van der Waals surface area contributed by atoms with Gasteiger partial charge in [-0.05, 0) is 68.7 Å². The molecule has 0 radical (unpaired) electrons. The first-order chi connectivity index (χ1) is 11.5. The number of nitrogens with zero attached hydrogens (tertiary/aromatic N) is 2. The molecule has 0 fully saturated rings. The van der Waals surface area contributed by atoms with Gasteiger partial charge in [-0.3, -0.25) is 4.79 Å².